The number of benzene rings is 3. The highest BCUT2D eigenvalue weighted by atomic mass is 35.5. The molecule has 0 fully saturated rings. The molecular weight excluding hydrogens is 444 g/mol. The molecule has 0 spiro atoms. The van der Waals surface area contributed by atoms with Crippen molar-refractivity contribution in [3.8, 4) is 16.9 Å². The predicted octanol–water partition coefficient (Wildman–Crippen LogP) is 5.41. The molecule has 2 aromatic heterocycles. The molecule has 0 saturated carbocycles. The molecule has 0 aliphatic rings. The van der Waals surface area contributed by atoms with Gasteiger partial charge in [0.25, 0.3) is 11.5 Å². The van der Waals surface area contributed by atoms with Gasteiger partial charge in [-0.3, -0.25) is 14.9 Å². The van der Waals surface area contributed by atoms with E-state index < -0.39 is 5.91 Å². The molecule has 0 radical (unpaired) electrons. The summed E-state index contributed by atoms with van der Waals surface area (Å²) in [6, 6.07) is 23.3. The second-order valence-electron chi connectivity index (χ2n) is 6.95. The van der Waals surface area contributed by atoms with Crippen LogP contribution in [0.25, 0.3) is 27.7 Å². The minimum Gasteiger partial charge on any atom is -0.296 e. The number of fused-ring (bicyclic) bond motifs is 1. The van der Waals surface area contributed by atoms with Gasteiger partial charge in [0.2, 0.25) is 0 Å². The van der Waals surface area contributed by atoms with Crippen molar-refractivity contribution in [3.05, 3.63) is 105 Å². The van der Waals surface area contributed by atoms with Gasteiger partial charge in [-0.05, 0) is 30.3 Å². The number of nitrogens with zero attached hydrogens (tertiary/aromatic N) is 3. The predicted molar refractivity (Wildman–Crippen MR) is 128 cm³/mol. The van der Waals surface area contributed by atoms with Gasteiger partial charge in [-0.2, -0.15) is 9.78 Å². The molecule has 5 rings (SSSR count). The number of carbonyl (C=O) groups is 1. The lowest BCUT2D eigenvalue weighted by Gasteiger charge is -2.10. The molecule has 6 nitrogen and oxygen atoms in total. The SMILES string of the molecule is O=C(Nc1nc(-c2ccc(Cl)cc2)cs1)c1nn(-c2ccccc2)c(=O)c2ccccc12. The Morgan fingerprint density at radius 2 is 1.59 bits per heavy atom. The van der Waals surface area contributed by atoms with Gasteiger partial charge >= 0.3 is 0 Å². The van der Waals surface area contributed by atoms with Crippen LogP contribution >= 0.6 is 22.9 Å². The highest BCUT2D eigenvalue weighted by Crippen LogP contribution is 2.26. The molecule has 1 amide bonds. The van der Waals surface area contributed by atoms with E-state index in [2.05, 4.69) is 15.4 Å². The molecule has 5 aromatic rings. The third-order valence-electron chi connectivity index (χ3n) is 4.89. The van der Waals surface area contributed by atoms with Crippen LogP contribution in [0.15, 0.2) is 89.0 Å². The van der Waals surface area contributed by atoms with Crippen molar-refractivity contribution in [3.63, 3.8) is 0 Å². The monoisotopic (exact) mass is 458 g/mol. The van der Waals surface area contributed by atoms with E-state index in [1.54, 1.807) is 48.5 Å². The molecule has 0 unspecified atom stereocenters. The van der Waals surface area contributed by atoms with Crippen LogP contribution in [-0.2, 0) is 0 Å². The van der Waals surface area contributed by atoms with Gasteiger partial charge in [0.15, 0.2) is 10.8 Å². The number of carbonyl (C=O) groups excluding carboxylic acids is 1. The maximum atomic E-state index is 13.2. The van der Waals surface area contributed by atoms with Crippen molar-refractivity contribution in [1.82, 2.24) is 14.8 Å². The van der Waals surface area contributed by atoms with Gasteiger partial charge in [-0.25, -0.2) is 4.98 Å². The summed E-state index contributed by atoms with van der Waals surface area (Å²) < 4.78 is 1.25. The zero-order valence-electron chi connectivity index (χ0n) is 16.5. The molecule has 32 heavy (non-hydrogen) atoms. The van der Waals surface area contributed by atoms with Crippen LogP contribution in [0.4, 0.5) is 5.13 Å². The van der Waals surface area contributed by atoms with Crippen molar-refractivity contribution in [2.24, 2.45) is 0 Å². The lowest BCUT2D eigenvalue weighted by atomic mass is 10.1. The zero-order chi connectivity index (χ0) is 22.1. The quantitative estimate of drug-likeness (QED) is 0.390. The summed E-state index contributed by atoms with van der Waals surface area (Å²) in [7, 11) is 0. The molecule has 156 valence electrons. The molecule has 3 aromatic carbocycles. The molecule has 0 aliphatic carbocycles. The van der Waals surface area contributed by atoms with Crippen molar-refractivity contribution < 1.29 is 4.79 Å². The maximum Gasteiger partial charge on any atom is 0.279 e. The van der Waals surface area contributed by atoms with Crippen LogP contribution < -0.4 is 10.9 Å². The average molecular weight is 459 g/mol. The Bertz CT molecular complexity index is 1490. The Morgan fingerprint density at radius 1 is 0.906 bits per heavy atom. The van der Waals surface area contributed by atoms with Gasteiger partial charge in [0.1, 0.15) is 0 Å². The van der Waals surface area contributed by atoms with E-state index in [1.807, 2.05) is 35.7 Å². The summed E-state index contributed by atoms with van der Waals surface area (Å²) in [4.78, 5) is 30.7. The number of rotatable bonds is 4. The molecule has 0 saturated heterocycles. The number of anilines is 1. The number of aromatic nitrogens is 3. The van der Waals surface area contributed by atoms with E-state index in [-0.39, 0.29) is 11.3 Å². The molecule has 1 N–H and O–H groups in total. The Labute approximate surface area is 191 Å². The van der Waals surface area contributed by atoms with Crippen molar-refractivity contribution in [1.29, 1.82) is 0 Å². The van der Waals surface area contributed by atoms with Gasteiger partial charge < -0.3 is 0 Å². The lowest BCUT2D eigenvalue weighted by Crippen LogP contribution is -2.26. The number of halogens is 1. The van der Waals surface area contributed by atoms with E-state index in [1.165, 1.54) is 16.0 Å². The van der Waals surface area contributed by atoms with Crippen LogP contribution in [0.3, 0.4) is 0 Å². The average Bonchev–Trinajstić information content (AvgIpc) is 3.29. The van der Waals surface area contributed by atoms with Crippen LogP contribution in [0.5, 0.6) is 0 Å². The largest absolute Gasteiger partial charge is 0.296 e. The van der Waals surface area contributed by atoms with Crippen molar-refractivity contribution >= 4 is 44.7 Å². The Kier molecular flexibility index (Phi) is 5.26. The van der Waals surface area contributed by atoms with E-state index in [4.69, 9.17) is 11.6 Å². The molecule has 2 heterocycles. The number of nitrogens with one attached hydrogen (secondary N) is 1. The van der Waals surface area contributed by atoms with E-state index in [0.717, 1.165) is 11.3 Å². The molecule has 0 aliphatic heterocycles. The van der Waals surface area contributed by atoms with Gasteiger partial charge in [-0.15, -0.1) is 11.3 Å². The Balaban J connectivity index is 1.53. The summed E-state index contributed by atoms with van der Waals surface area (Å²) in [5.74, 6) is -0.442. The van der Waals surface area contributed by atoms with Gasteiger partial charge in [-0.1, -0.05) is 60.1 Å². The topological polar surface area (TPSA) is 76.9 Å². The fourth-order valence-electron chi connectivity index (χ4n) is 3.34. The minimum absolute atomic E-state index is 0.146. The maximum absolute atomic E-state index is 13.2. The lowest BCUT2D eigenvalue weighted by molar-refractivity contribution is 0.102. The second kappa shape index (κ2) is 8.37. The Morgan fingerprint density at radius 3 is 2.34 bits per heavy atom. The van der Waals surface area contributed by atoms with E-state index in [9.17, 15) is 9.59 Å². The summed E-state index contributed by atoms with van der Waals surface area (Å²) >= 11 is 7.26. The summed E-state index contributed by atoms with van der Waals surface area (Å²) in [6.45, 7) is 0. The third-order valence-corrected chi connectivity index (χ3v) is 5.90. The first-order valence-corrected chi connectivity index (χ1v) is 11.0. The van der Waals surface area contributed by atoms with Gasteiger partial charge in [0.05, 0.1) is 16.8 Å². The van der Waals surface area contributed by atoms with Crippen LogP contribution in [-0.4, -0.2) is 20.7 Å². The normalized spacial score (nSPS) is 10.9. The van der Waals surface area contributed by atoms with E-state index in [0.29, 0.717) is 26.6 Å². The fraction of sp³-hybridized carbons (Fsp3) is 0. The standard InChI is InChI=1S/C24H15ClN4O2S/c25-16-12-10-15(11-13-16)20-14-32-24(26-20)27-22(30)21-18-8-4-5-9-19(18)23(31)29(28-21)17-6-2-1-3-7-17/h1-14H,(H,26,27,30). The number of thiazole rings is 1. The minimum atomic E-state index is -0.442. The summed E-state index contributed by atoms with van der Waals surface area (Å²) in [5, 5.41) is 11.0. The zero-order valence-corrected chi connectivity index (χ0v) is 18.1. The van der Waals surface area contributed by atoms with Crippen LogP contribution in [0, 0.1) is 0 Å². The van der Waals surface area contributed by atoms with Crippen LogP contribution in [0.2, 0.25) is 5.02 Å². The second-order valence-corrected chi connectivity index (χ2v) is 8.24. The summed E-state index contributed by atoms with van der Waals surface area (Å²) in [6.07, 6.45) is 0. The van der Waals surface area contributed by atoms with Crippen molar-refractivity contribution in [2.75, 3.05) is 5.32 Å². The fourth-order valence-corrected chi connectivity index (χ4v) is 4.18. The van der Waals surface area contributed by atoms with E-state index >= 15 is 0 Å². The molecule has 0 atom stereocenters. The first-order chi connectivity index (χ1) is 15.6. The first kappa shape index (κ1) is 20.1. The highest BCUT2D eigenvalue weighted by molar-refractivity contribution is 7.14. The third kappa shape index (κ3) is 3.79. The molecular formula is C24H15ClN4O2S. The number of amides is 1. The smallest absolute Gasteiger partial charge is 0.279 e. The number of hydrogen-bond donors (Lipinski definition) is 1. The molecule has 0 bridgehead atoms. The summed E-state index contributed by atoms with van der Waals surface area (Å²) in [5.41, 5.74) is 2.06. The number of para-hydroxylation sites is 1. The molecule has 8 heteroatoms. The van der Waals surface area contributed by atoms with Crippen LogP contribution in [0.1, 0.15) is 10.5 Å². The Hall–Kier alpha value is -3.81. The first-order valence-electron chi connectivity index (χ1n) is 9.70. The highest BCUT2D eigenvalue weighted by Gasteiger charge is 2.18. The van der Waals surface area contributed by atoms with Gasteiger partial charge in [0, 0.05) is 21.4 Å². The van der Waals surface area contributed by atoms with Crippen molar-refractivity contribution in [2.45, 2.75) is 0 Å². The number of hydrogen-bond acceptors (Lipinski definition) is 5.